The van der Waals surface area contributed by atoms with Crippen LogP contribution in [0.1, 0.15) is 44.6 Å². The van der Waals surface area contributed by atoms with E-state index in [9.17, 15) is 4.79 Å². The number of aromatic nitrogens is 1. The molecule has 2 nitrogen and oxygen atoms in total. The summed E-state index contributed by atoms with van der Waals surface area (Å²) in [6.45, 7) is 2.20. The highest BCUT2D eigenvalue weighted by Gasteiger charge is 2.07. The van der Waals surface area contributed by atoms with Crippen molar-refractivity contribution in [2.24, 2.45) is 5.92 Å². The number of aldehydes is 1. The van der Waals surface area contributed by atoms with Gasteiger partial charge in [0.05, 0.1) is 0 Å². The first-order valence-electron chi connectivity index (χ1n) is 6.21. The molecule has 0 aromatic carbocycles. The maximum atomic E-state index is 11.0. The average Bonchev–Trinajstić information content (AvgIpc) is 2.34. The summed E-state index contributed by atoms with van der Waals surface area (Å²) in [4.78, 5) is 14.9. The van der Waals surface area contributed by atoms with Crippen molar-refractivity contribution >= 4 is 6.29 Å². The van der Waals surface area contributed by atoms with Gasteiger partial charge in [0.1, 0.15) is 6.29 Å². The number of unbranched alkanes of at least 4 members (excludes halogenated alkanes) is 3. The van der Waals surface area contributed by atoms with Crippen LogP contribution in [-0.2, 0) is 11.2 Å². The Labute approximate surface area is 98.1 Å². The van der Waals surface area contributed by atoms with E-state index in [4.69, 9.17) is 0 Å². The number of rotatable bonds is 8. The van der Waals surface area contributed by atoms with Crippen LogP contribution in [0.4, 0.5) is 0 Å². The number of pyridine rings is 1. The number of carbonyl (C=O) groups is 1. The highest BCUT2D eigenvalue weighted by molar-refractivity contribution is 5.54. The van der Waals surface area contributed by atoms with Crippen LogP contribution in [0, 0.1) is 5.92 Å². The van der Waals surface area contributed by atoms with Crippen molar-refractivity contribution < 1.29 is 4.79 Å². The van der Waals surface area contributed by atoms with E-state index < -0.39 is 0 Å². The molecule has 0 fully saturated rings. The summed E-state index contributed by atoms with van der Waals surface area (Å²) < 4.78 is 0. The average molecular weight is 219 g/mol. The SMILES string of the molecule is CCCCCC[C@@H](C=O)Cc1ccncc1. The monoisotopic (exact) mass is 219 g/mol. The largest absolute Gasteiger partial charge is 0.303 e. The Hall–Kier alpha value is -1.18. The molecule has 1 aromatic rings. The first-order chi connectivity index (χ1) is 7.86. The second-order valence-electron chi connectivity index (χ2n) is 4.31. The highest BCUT2D eigenvalue weighted by Crippen LogP contribution is 2.14. The van der Waals surface area contributed by atoms with Crippen LogP contribution in [0.15, 0.2) is 24.5 Å². The molecule has 1 rings (SSSR count). The summed E-state index contributed by atoms with van der Waals surface area (Å²) in [6, 6.07) is 3.98. The van der Waals surface area contributed by atoms with E-state index in [1.807, 2.05) is 12.1 Å². The van der Waals surface area contributed by atoms with Gasteiger partial charge in [-0.25, -0.2) is 0 Å². The molecule has 1 atom stereocenters. The van der Waals surface area contributed by atoms with Crippen LogP contribution >= 0.6 is 0 Å². The van der Waals surface area contributed by atoms with E-state index in [2.05, 4.69) is 11.9 Å². The van der Waals surface area contributed by atoms with E-state index in [0.29, 0.717) is 0 Å². The molecule has 0 bridgehead atoms. The Morgan fingerprint density at radius 1 is 1.25 bits per heavy atom. The van der Waals surface area contributed by atoms with Crippen molar-refractivity contribution in [1.29, 1.82) is 0 Å². The van der Waals surface area contributed by atoms with Gasteiger partial charge in [-0.3, -0.25) is 4.98 Å². The summed E-state index contributed by atoms with van der Waals surface area (Å²) in [5, 5.41) is 0. The normalized spacial score (nSPS) is 12.3. The van der Waals surface area contributed by atoms with E-state index in [1.165, 1.54) is 31.2 Å². The summed E-state index contributed by atoms with van der Waals surface area (Å²) in [5.74, 6) is 0.180. The molecule has 0 spiro atoms. The fraction of sp³-hybridized carbons (Fsp3) is 0.571. The van der Waals surface area contributed by atoms with Gasteiger partial charge in [-0.1, -0.05) is 32.6 Å². The summed E-state index contributed by atoms with van der Waals surface area (Å²) >= 11 is 0. The first kappa shape index (κ1) is 12.9. The van der Waals surface area contributed by atoms with Gasteiger partial charge in [0, 0.05) is 18.3 Å². The fourth-order valence-electron chi connectivity index (χ4n) is 1.87. The Morgan fingerprint density at radius 2 is 2.00 bits per heavy atom. The zero-order valence-corrected chi connectivity index (χ0v) is 10.1. The Kier molecular flexibility index (Phi) is 6.47. The van der Waals surface area contributed by atoms with E-state index in [0.717, 1.165) is 19.1 Å². The minimum atomic E-state index is 0.180. The summed E-state index contributed by atoms with van der Waals surface area (Å²) in [7, 11) is 0. The third kappa shape index (κ3) is 5.06. The predicted molar refractivity (Wildman–Crippen MR) is 66.3 cm³/mol. The molecule has 2 heteroatoms. The van der Waals surface area contributed by atoms with E-state index in [1.54, 1.807) is 12.4 Å². The summed E-state index contributed by atoms with van der Waals surface area (Å²) in [5.41, 5.74) is 1.21. The molecule has 0 radical (unpaired) electrons. The topological polar surface area (TPSA) is 30.0 Å². The van der Waals surface area contributed by atoms with Crippen molar-refractivity contribution in [2.75, 3.05) is 0 Å². The third-order valence-electron chi connectivity index (χ3n) is 2.87. The molecule has 16 heavy (non-hydrogen) atoms. The first-order valence-corrected chi connectivity index (χ1v) is 6.21. The molecule has 0 aliphatic rings. The van der Waals surface area contributed by atoms with E-state index >= 15 is 0 Å². The van der Waals surface area contributed by atoms with Crippen molar-refractivity contribution in [3.8, 4) is 0 Å². The van der Waals surface area contributed by atoms with Crippen LogP contribution in [0.3, 0.4) is 0 Å². The van der Waals surface area contributed by atoms with Gasteiger partial charge < -0.3 is 4.79 Å². The van der Waals surface area contributed by atoms with Crippen molar-refractivity contribution in [3.63, 3.8) is 0 Å². The molecule has 0 aliphatic heterocycles. The Morgan fingerprint density at radius 3 is 2.62 bits per heavy atom. The molecule has 1 aromatic heterocycles. The molecular weight excluding hydrogens is 198 g/mol. The zero-order valence-electron chi connectivity index (χ0n) is 10.1. The lowest BCUT2D eigenvalue weighted by Crippen LogP contribution is -2.06. The van der Waals surface area contributed by atoms with Crippen LogP contribution in [-0.4, -0.2) is 11.3 Å². The second-order valence-corrected chi connectivity index (χ2v) is 4.31. The predicted octanol–water partition coefficient (Wildman–Crippen LogP) is 3.41. The van der Waals surface area contributed by atoms with Gasteiger partial charge >= 0.3 is 0 Å². The molecule has 1 heterocycles. The molecule has 0 aliphatic carbocycles. The fourth-order valence-corrected chi connectivity index (χ4v) is 1.87. The van der Waals surface area contributed by atoms with E-state index in [-0.39, 0.29) is 5.92 Å². The van der Waals surface area contributed by atoms with Gasteiger partial charge in [0.25, 0.3) is 0 Å². The van der Waals surface area contributed by atoms with Crippen molar-refractivity contribution in [1.82, 2.24) is 4.98 Å². The van der Waals surface area contributed by atoms with Crippen LogP contribution in [0.25, 0.3) is 0 Å². The van der Waals surface area contributed by atoms with Crippen LogP contribution < -0.4 is 0 Å². The number of hydrogen-bond donors (Lipinski definition) is 0. The standard InChI is InChI=1S/C14H21NO/c1-2-3-4-5-6-14(12-16)11-13-7-9-15-10-8-13/h7-10,12,14H,2-6,11H2,1H3/t14-/m1/s1. The third-order valence-corrected chi connectivity index (χ3v) is 2.87. The smallest absolute Gasteiger partial charge is 0.123 e. The van der Waals surface area contributed by atoms with Crippen LogP contribution in [0.2, 0.25) is 0 Å². The zero-order chi connectivity index (χ0) is 11.6. The number of carbonyl (C=O) groups excluding carboxylic acids is 1. The molecule has 0 saturated carbocycles. The van der Waals surface area contributed by atoms with Crippen molar-refractivity contribution in [2.45, 2.75) is 45.4 Å². The van der Waals surface area contributed by atoms with Gasteiger partial charge in [0.15, 0.2) is 0 Å². The molecular formula is C14H21NO. The Bertz CT molecular complexity index is 284. The van der Waals surface area contributed by atoms with Crippen molar-refractivity contribution in [3.05, 3.63) is 30.1 Å². The highest BCUT2D eigenvalue weighted by atomic mass is 16.1. The summed E-state index contributed by atoms with van der Waals surface area (Å²) in [6.07, 6.45) is 11.5. The quantitative estimate of drug-likeness (QED) is 0.495. The van der Waals surface area contributed by atoms with Gasteiger partial charge in [-0.15, -0.1) is 0 Å². The molecule has 0 amide bonds. The molecule has 0 N–H and O–H groups in total. The van der Waals surface area contributed by atoms with Gasteiger partial charge in [0.2, 0.25) is 0 Å². The number of hydrogen-bond acceptors (Lipinski definition) is 2. The Balaban J connectivity index is 2.29. The molecule has 0 unspecified atom stereocenters. The minimum absolute atomic E-state index is 0.180. The lowest BCUT2D eigenvalue weighted by atomic mass is 9.95. The van der Waals surface area contributed by atoms with Crippen LogP contribution in [0.5, 0.6) is 0 Å². The molecule has 88 valence electrons. The van der Waals surface area contributed by atoms with Gasteiger partial charge in [-0.05, 0) is 30.5 Å². The minimum Gasteiger partial charge on any atom is -0.303 e. The second kappa shape index (κ2) is 8.03. The lowest BCUT2D eigenvalue weighted by Gasteiger charge is -2.09. The molecule has 0 saturated heterocycles. The maximum absolute atomic E-state index is 11.0. The number of nitrogens with zero attached hydrogens (tertiary/aromatic N) is 1. The van der Waals surface area contributed by atoms with Gasteiger partial charge in [-0.2, -0.15) is 0 Å². The maximum Gasteiger partial charge on any atom is 0.123 e. The lowest BCUT2D eigenvalue weighted by molar-refractivity contribution is -0.111.